The van der Waals surface area contributed by atoms with Crippen molar-refractivity contribution in [1.29, 1.82) is 0 Å². The molecule has 1 amide bonds. The molecular formula is C15H19FN2O2. The molecule has 2 N–H and O–H groups in total. The number of nitrogens with zero attached hydrogens (tertiary/aromatic N) is 1. The number of hydrogen-bond acceptors (Lipinski definition) is 2. The van der Waals surface area contributed by atoms with Gasteiger partial charge in [-0.25, -0.2) is 4.39 Å². The smallest absolute Gasteiger partial charge is 0.270 e. The number of halogens is 1. The lowest BCUT2D eigenvalue weighted by molar-refractivity contribution is 0.0312. The van der Waals surface area contributed by atoms with E-state index in [4.69, 9.17) is 0 Å². The van der Waals surface area contributed by atoms with Gasteiger partial charge in [0.25, 0.3) is 5.91 Å². The Morgan fingerprint density at radius 1 is 1.45 bits per heavy atom. The summed E-state index contributed by atoms with van der Waals surface area (Å²) in [6, 6.07) is 6.19. The van der Waals surface area contributed by atoms with Crippen LogP contribution in [0.15, 0.2) is 24.3 Å². The van der Waals surface area contributed by atoms with Gasteiger partial charge in [-0.15, -0.1) is 0 Å². The first-order valence-electron chi connectivity index (χ1n) is 6.60. The molecule has 0 radical (unpaired) electrons. The summed E-state index contributed by atoms with van der Waals surface area (Å²) in [4.78, 5) is 16.8. The maximum absolute atomic E-state index is 13.6. The van der Waals surface area contributed by atoms with Crippen molar-refractivity contribution >= 4 is 16.8 Å². The summed E-state index contributed by atoms with van der Waals surface area (Å²) in [7, 11) is 0. The van der Waals surface area contributed by atoms with Crippen molar-refractivity contribution in [2.45, 2.75) is 26.4 Å². The normalized spacial score (nSPS) is 11.8. The van der Waals surface area contributed by atoms with Crippen LogP contribution in [-0.2, 0) is 0 Å². The van der Waals surface area contributed by atoms with Crippen LogP contribution >= 0.6 is 0 Å². The highest BCUT2D eigenvalue weighted by atomic mass is 19.1. The van der Waals surface area contributed by atoms with Crippen LogP contribution < -0.4 is 0 Å². The molecule has 1 heterocycles. The quantitative estimate of drug-likeness (QED) is 0.903. The zero-order valence-electron chi connectivity index (χ0n) is 11.9. The number of nitrogens with one attached hydrogen (secondary N) is 1. The number of benzene rings is 1. The van der Waals surface area contributed by atoms with Crippen molar-refractivity contribution in [1.82, 2.24) is 9.88 Å². The summed E-state index contributed by atoms with van der Waals surface area (Å²) in [6.45, 7) is 5.83. The van der Waals surface area contributed by atoms with Gasteiger partial charge in [0.2, 0.25) is 0 Å². The Kier molecular flexibility index (Phi) is 3.81. The van der Waals surface area contributed by atoms with E-state index >= 15 is 0 Å². The van der Waals surface area contributed by atoms with Gasteiger partial charge in [-0.3, -0.25) is 4.79 Å². The van der Waals surface area contributed by atoms with Crippen LogP contribution in [0, 0.1) is 5.82 Å². The van der Waals surface area contributed by atoms with E-state index in [0.717, 1.165) is 0 Å². The highest BCUT2D eigenvalue weighted by molar-refractivity contribution is 5.98. The number of carbonyl (C=O) groups is 1. The molecule has 0 saturated carbocycles. The number of aliphatic hydroxyl groups is 1. The molecule has 0 fully saturated rings. The fraction of sp³-hybridized carbons (Fsp3) is 0.400. The van der Waals surface area contributed by atoms with Crippen LogP contribution in [0.5, 0.6) is 0 Å². The monoisotopic (exact) mass is 278 g/mol. The first kappa shape index (κ1) is 14.5. The molecule has 4 nitrogen and oxygen atoms in total. The largest absolute Gasteiger partial charge is 0.389 e. The number of rotatable bonds is 4. The molecular weight excluding hydrogens is 259 g/mol. The van der Waals surface area contributed by atoms with Crippen LogP contribution in [-0.4, -0.2) is 39.6 Å². The zero-order chi connectivity index (χ0) is 14.9. The highest BCUT2D eigenvalue weighted by Gasteiger charge is 2.23. The minimum atomic E-state index is -0.969. The molecule has 0 bridgehead atoms. The summed E-state index contributed by atoms with van der Waals surface area (Å²) >= 11 is 0. The Labute approximate surface area is 117 Å². The van der Waals surface area contributed by atoms with E-state index in [1.54, 1.807) is 26.0 Å². The van der Waals surface area contributed by atoms with E-state index in [-0.39, 0.29) is 18.3 Å². The highest BCUT2D eigenvalue weighted by Crippen LogP contribution is 2.20. The third-order valence-electron chi connectivity index (χ3n) is 3.09. The van der Waals surface area contributed by atoms with Gasteiger partial charge in [0, 0.05) is 24.0 Å². The lowest BCUT2D eigenvalue weighted by Gasteiger charge is -2.27. The molecule has 2 rings (SSSR count). The standard InChI is InChI=1S/C15H19FN2O2/c1-4-18(9-15(2,3)20)14(19)13-8-10-11(16)6-5-7-12(10)17-13/h5-8,17,20H,4,9H2,1-3H3. The third-order valence-corrected chi connectivity index (χ3v) is 3.09. The van der Waals surface area contributed by atoms with Gasteiger partial charge in [0.15, 0.2) is 0 Å². The zero-order valence-corrected chi connectivity index (χ0v) is 11.9. The number of hydrogen-bond donors (Lipinski definition) is 2. The van der Waals surface area contributed by atoms with E-state index in [1.807, 2.05) is 6.92 Å². The van der Waals surface area contributed by atoms with Gasteiger partial charge >= 0.3 is 0 Å². The number of carbonyl (C=O) groups excluding carboxylic acids is 1. The molecule has 0 aliphatic heterocycles. The SMILES string of the molecule is CCN(CC(C)(C)O)C(=O)c1cc2c(F)cccc2[nH]1. The lowest BCUT2D eigenvalue weighted by atomic mass is 10.1. The first-order chi connectivity index (χ1) is 9.31. The predicted octanol–water partition coefficient (Wildman–Crippen LogP) is 2.54. The van der Waals surface area contributed by atoms with Crippen LogP contribution in [0.2, 0.25) is 0 Å². The molecule has 5 heteroatoms. The molecule has 2 aromatic rings. The second-order valence-electron chi connectivity index (χ2n) is 5.52. The van der Waals surface area contributed by atoms with Gasteiger partial charge in [0.05, 0.1) is 5.60 Å². The van der Waals surface area contributed by atoms with Gasteiger partial charge < -0.3 is 15.0 Å². The molecule has 0 atom stereocenters. The molecule has 0 saturated heterocycles. The van der Waals surface area contributed by atoms with Crippen LogP contribution in [0.4, 0.5) is 4.39 Å². The molecule has 108 valence electrons. The van der Waals surface area contributed by atoms with Crippen LogP contribution in [0.3, 0.4) is 0 Å². The van der Waals surface area contributed by atoms with E-state index in [0.29, 0.717) is 23.1 Å². The number of likely N-dealkylation sites (N-methyl/N-ethyl adjacent to an activating group) is 1. The minimum absolute atomic E-state index is 0.222. The fourth-order valence-corrected chi connectivity index (χ4v) is 2.20. The summed E-state index contributed by atoms with van der Waals surface area (Å²) in [5.41, 5.74) is -0.0491. The van der Waals surface area contributed by atoms with E-state index in [1.165, 1.54) is 17.0 Å². The van der Waals surface area contributed by atoms with E-state index in [9.17, 15) is 14.3 Å². The van der Waals surface area contributed by atoms with Gasteiger partial charge in [-0.1, -0.05) is 6.07 Å². The number of aromatic nitrogens is 1. The lowest BCUT2D eigenvalue weighted by Crippen LogP contribution is -2.42. The topological polar surface area (TPSA) is 56.3 Å². The summed E-state index contributed by atoms with van der Waals surface area (Å²) < 4.78 is 13.6. The number of fused-ring (bicyclic) bond motifs is 1. The average molecular weight is 278 g/mol. The Morgan fingerprint density at radius 3 is 2.70 bits per heavy atom. The second-order valence-corrected chi connectivity index (χ2v) is 5.52. The fourth-order valence-electron chi connectivity index (χ4n) is 2.20. The molecule has 0 spiro atoms. The first-order valence-corrected chi connectivity index (χ1v) is 6.60. The van der Waals surface area contributed by atoms with Crippen molar-refractivity contribution < 1.29 is 14.3 Å². The molecule has 0 aliphatic rings. The van der Waals surface area contributed by atoms with Crippen LogP contribution in [0.1, 0.15) is 31.3 Å². The number of H-pyrrole nitrogens is 1. The van der Waals surface area contributed by atoms with Gasteiger partial charge in [-0.2, -0.15) is 0 Å². The Hall–Kier alpha value is -1.88. The Balaban J connectivity index is 2.32. The second kappa shape index (κ2) is 5.25. The van der Waals surface area contributed by atoms with Crippen molar-refractivity contribution in [2.24, 2.45) is 0 Å². The van der Waals surface area contributed by atoms with Gasteiger partial charge in [-0.05, 0) is 39.0 Å². The summed E-state index contributed by atoms with van der Waals surface area (Å²) in [5, 5.41) is 10.2. The van der Waals surface area contributed by atoms with Crippen molar-refractivity contribution in [2.75, 3.05) is 13.1 Å². The molecule has 1 aromatic carbocycles. The van der Waals surface area contributed by atoms with Gasteiger partial charge in [0.1, 0.15) is 11.5 Å². The number of amides is 1. The predicted molar refractivity (Wildman–Crippen MR) is 76.1 cm³/mol. The van der Waals surface area contributed by atoms with Crippen LogP contribution in [0.25, 0.3) is 10.9 Å². The third kappa shape index (κ3) is 2.99. The number of aromatic amines is 1. The molecule has 1 aromatic heterocycles. The summed E-state index contributed by atoms with van der Waals surface area (Å²) in [5.74, 6) is -0.603. The van der Waals surface area contributed by atoms with Crippen molar-refractivity contribution in [3.63, 3.8) is 0 Å². The van der Waals surface area contributed by atoms with E-state index < -0.39 is 5.60 Å². The minimum Gasteiger partial charge on any atom is -0.389 e. The molecule has 20 heavy (non-hydrogen) atoms. The maximum Gasteiger partial charge on any atom is 0.270 e. The van der Waals surface area contributed by atoms with E-state index in [2.05, 4.69) is 4.98 Å². The van der Waals surface area contributed by atoms with Crippen molar-refractivity contribution in [3.05, 3.63) is 35.8 Å². The maximum atomic E-state index is 13.6. The Bertz CT molecular complexity index is 628. The average Bonchev–Trinajstić information content (AvgIpc) is 2.79. The Morgan fingerprint density at radius 2 is 2.15 bits per heavy atom. The molecule has 0 aliphatic carbocycles. The molecule has 0 unspecified atom stereocenters. The summed E-state index contributed by atoms with van der Waals surface area (Å²) in [6.07, 6.45) is 0. The van der Waals surface area contributed by atoms with Crippen molar-refractivity contribution in [3.8, 4) is 0 Å².